The average Bonchev–Trinajstić information content (AvgIpc) is 2.71. The molecule has 0 aliphatic carbocycles. The summed E-state index contributed by atoms with van der Waals surface area (Å²) >= 11 is 1.70. The molecule has 3 N–H and O–H groups in total. The molecule has 3 amide bonds. The van der Waals surface area contributed by atoms with Crippen LogP contribution in [0.5, 0.6) is 0 Å². The van der Waals surface area contributed by atoms with Gasteiger partial charge in [-0.25, -0.2) is 4.79 Å². The van der Waals surface area contributed by atoms with E-state index in [1.165, 1.54) is 36.9 Å². The molecule has 0 heterocycles. The lowest BCUT2D eigenvalue weighted by Crippen LogP contribution is -2.29. The van der Waals surface area contributed by atoms with Crippen molar-refractivity contribution in [2.24, 2.45) is 0 Å². The van der Waals surface area contributed by atoms with E-state index >= 15 is 0 Å². The van der Waals surface area contributed by atoms with E-state index in [-0.39, 0.29) is 17.4 Å². The second kappa shape index (κ2) is 12.4. The molecule has 2 aromatic carbocycles. The fourth-order valence-electron chi connectivity index (χ4n) is 2.57. The highest BCUT2D eigenvalue weighted by Crippen LogP contribution is 2.20. The van der Waals surface area contributed by atoms with Crippen LogP contribution < -0.4 is 16.0 Å². The minimum absolute atomic E-state index is 0.0991. The Kier molecular flexibility index (Phi) is 9.57. The number of hydrogen-bond donors (Lipinski definition) is 3. The van der Waals surface area contributed by atoms with Gasteiger partial charge in [0.25, 0.3) is 5.91 Å². The number of anilines is 2. The summed E-state index contributed by atoms with van der Waals surface area (Å²) in [6.07, 6.45) is 0.776. The second-order valence-electron chi connectivity index (χ2n) is 6.60. The van der Waals surface area contributed by atoms with E-state index in [1.54, 1.807) is 11.8 Å². The second-order valence-corrected chi connectivity index (χ2v) is 7.77. The summed E-state index contributed by atoms with van der Waals surface area (Å²) in [5, 5.41) is 7.81. The molecule has 0 aromatic heterocycles. The van der Waals surface area contributed by atoms with Crippen molar-refractivity contribution in [2.45, 2.75) is 25.2 Å². The molecule has 0 bridgehead atoms. The van der Waals surface area contributed by atoms with Crippen molar-refractivity contribution in [1.29, 1.82) is 0 Å². The van der Waals surface area contributed by atoms with Crippen molar-refractivity contribution < 1.29 is 23.9 Å². The molecule has 2 aromatic rings. The zero-order valence-corrected chi connectivity index (χ0v) is 18.2. The Labute approximate surface area is 185 Å². The molecule has 31 heavy (non-hydrogen) atoms. The molecule has 2 rings (SSSR count). The normalized spacial score (nSPS) is 10.1. The van der Waals surface area contributed by atoms with Crippen LogP contribution in [0.3, 0.4) is 0 Å². The number of carbonyl (C=O) groups is 4. The molecule has 0 aliphatic heterocycles. The van der Waals surface area contributed by atoms with E-state index in [0.29, 0.717) is 17.9 Å². The molecule has 0 unspecified atom stereocenters. The highest BCUT2D eigenvalue weighted by molar-refractivity contribution is 7.99. The number of carbonyl (C=O) groups excluding carboxylic acids is 4. The molecule has 8 nitrogen and oxygen atoms in total. The predicted molar refractivity (Wildman–Crippen MR) is 120 cm³/mol. The number of benzene rings is 2. The third-order valence-electron chi connectivity index (χ3n) is 3.80. The van der Waals surface area contributed by atoms with Crippen LogP contribution in [0.25, 0.3) is 0 Å². The van der Waals surface area contributed by atoms with E-state index < -0.39 is 18.5 Å². The van der Waals surface area contributed by atoms with Crippen molar-refractivity contribution in [2.75, 3.05) is 29.5 Å². The van der Waals surface area contributed by atoms with Gasteiger partial charge in [0.05, 0.1) is 5.56 Å². The number of esters is 1. The Bertz CT molecular complexity index is 900. The van der Waals surface area contributed by atoms with Crippen LogP contribution in [0.2, 0.25) is 0 Å². The van der Waals surface area contributed by atoms with Crippen molar-refractivity contribution in [1.82, 2.24) is 5.32 Å². The maximum Gasteiger partial charge on any atom is 0.338 e. The molecular weight excluding hydrogens is 418 g/mol. The lowest BCUT2D eigenvalue weighted by atomic mass is 10.1. The van der Waals surface area contributed by atoms with Gasteiger partial charge in [-0.3, -0.25) is 14.4 Å². The Hall–Kier alpha value is -3.33. The summed E-state index contributed by atoms with van der Waals surface area (Å²) in [6.45, 7) is 2.70. The zero-order chi connectivity index (χ0) is 22.6. The zero-order valence-electron chi connectivity index (χ0n) is 17.4. The Morgan fingerprint density at radius 2 is 1.52 bits per heavy atom. The van der Waals surface area contributed by atoms with Gasteiger partial charge in [0.1, 0.15) is 0 Å². The van der Waals surface area contributed by atoms with Gasteiger partial charge in [0.2, 0.25) is 11.8 Å². The number of rotatable bonds is 10. The fraction of sp³-hybridized carbons (Fsp3) is 0.273. The summed E-state index contributed by atoms with van der Waals surface area (Å²) in [4.78, 5) is 48.0. The van der Waals surface area contributed by atoms with E-state index in [2.05, 4.69) is 16.0 Å². The van der Waals surface area contributed by atoms with Gasteiger partial charge in [-0.05, 0) is 42.5 Å². The van der Waals surface area contributed by atoms with Crippen molar-refractivity contribution >= 4 is 46.8 Å². The quantitative estimate of drug-likeness (QED) is 0.295. The first-order chi connectivity index (χ1) is 14.8. The third-order valence-corrected chi connectivity index (χ3v) is 4.90. The van der Waals surface area contributed by atoms with Gasteiger partial charge in [-0.1, -0.05) is 18.2 Å². The molecule has 0 atom stereocenters. The largest absolute Gasteiger partial charge is 0.452 e. The molecule has 0 radical (unpaired) electrons. The number of ether oxygens (including phenoxy) is 1. The summed E-state index contributed by atoms with van der Waals surface area (Å²) in [5.74, 6) is -0.952. The smallest absolute Gasteiger partial charge is 0.338 e. The van der Waals surface area contributed by atoms with E-state index in [1.807, 2.05) is 30.3 Å². The average molecular weight is 444 g/mol. The van der Waals surface area contributed by atoms with Crippen molar-refractivity contribution in [3.05, 3.63) is 54.1 Å². The van der Waals surface area contributed by atoms with Crippen LogP contribution in [-0.4, -0.2) is 42.6 Å². The highest BCUT2D eigenvalue weighted by Gasteiger charge is 2.13. The fourth-order valence-corrected chi connectivity index (χ4v) is 3.44. The van der Waals surface area contributed by atoms with Crippen molar-refractivity contribution in [3.8, 4) is 0 Å². The third kappa shape index (κ3) is 9.35. The first-order valence-corrected chi connectivity index (χ1v) is 10.6. The van der Waals surface area contributed by atoms with Crippen molar-refractivity contribution in [3.63, 3.8) is 0 Å². The molecule has 0 spiro atoms. The molecule has 0 fully saturated rings. The standard InChI is InChI=1S/C22H25N3O5S/c1-15(26)24-18-11-17(12-19(13-18)25-16(2)27)22(29)30-14-21(28)23-9-6-10-31-20-7-4-3-5-8-20/h3-5,7-8,11-13H,6,9-10,14H2,1-2H3,(H,23,28)(H,24,26)(H,25,27). The minimum Gasteiger partial charge on any atom is -0.452 e. The summed E-state index contributed by atoms with van der Waals surface area (Å²) < 4.78 is 5.05. The molecular formula is C22H25N3O5S. The molecule has 0 aliphatic rings. The number of nitrogens with one attached hydrogen (secondary N) is 3. The van der Waals surface area contributed by atoms with Gasteiger partial charge in [-0.15, -0.1) is 11.8 Å². The van der Waals surface area contributed by atoms with Gasteiger partial charge in [0, 0.05) is 36.7 Å². The maximum absolute atomic E-state index is 12.3. The monoisotopic (exact) mass is 443 g/mol. The Morgan fingerprint density at radius 3 is 2.10 bits per heavy atom. The van der Waals surface area contributed by atoms with Gasteiger partial charge in [-0.2, -0.15) is 0 Å². The lowest BCUT2D eigenvalue weighted by molar-refractivity contribution is -0.124. The first-order valence-electron chi connectivity index (χ1n) is 9.65. The summed E-state index contributed by atoms with van der Waals surface area (Å²) in [7, 11) is 0. The van der Waals surface area contributed by atoms with Gasteiger partial charge < -0.3 is 20.7 Å². The van der Waals surface area contributed by atoms with Gasteiger partial charge >= 0.3 is 5.97 Å². The van der Waals surface area contributed by atoms with Crippen LogP contribution >= 0.6 is 11.8 Å². The minimum atomic E-state index is -0.742. The van der Waals surface area contributed by atoms with E-state index in [4.69, 9.17) is 4.74 Å². The molecule has 0 saturated heterocycles. The predicted octanol–water partition coefficient (Wildman–Crippen LogP) is 3.06. The van der Waals surface area contributed by atoms with E-state index in [9.17, 15) is 19.2 Å². The summed E-state index contributed by atoms with van der Waals surface area (Å²) in [5.41, 5.74) is 0.749. The van der Waals surface area contributed by atoms with Gasteiger partial charge in [0.15, 0.2) is 6.61 Å². The van der Waals surface area contributed by atoms with Crippen LogP contribution in [0.4, 0.5) is 11.4 Å². The maximum atomic E-state index is 12.3. The summed E-state index contributed by atoms with van der Waals surface area (Å²) in [6, 6.07) is 14.3. The topological polar surface area (TPSA) is 114 Å². The van der Waals surface area contributed by atoms with Crippen LogP contribution in [0, 0.1) is 0 Å². The van der Waals surface area contributed by atoms with Crippen LogP contribution in [0.1, 0.15) is 30.6 Å². The van der Waals surface area contributed by atoms with E-state index in [0.717, 1.165) is 12.2 Å². The highest BCUT2D eigenvalue weighted by atomic mass is 32.2. The molecule has 164 valence electrons. The van der Waals surface area contributed by atoms with Crippen LogP contribution in [0.15, 0.2) is 53.4 Å². The first kappa shape index (κ1) is 23.9. The van der Waals surface area contributed by atoms with Crippen LogP contribution in [-0.2, 0) is 19.1 Å². The number of thioether (sulfide) groups is 1. The number of amides is 3. The Balaban J connectivity index is 1.80. The molecule has 9 heteroatoms. The lowest BCUT2D eigenvalue weighted by Gasteiger charge is -2.11. The SMILES string of the molecule is CC(=O)Nc1cc(NC(C)=O)cc(C(=O)OCC(=O)NCCCSc2ccccc2)c1. The molecule has 0 saturated carbocycles. The number of hydrogen-bond acceptors (Lipinski definition) is 6. The Morgan fingerprint density at radius 1 is 0.903 bits per heavy atom.